The van der Waals surface area contributed by atoms with E-state index in [2.05, 4.69) is 0 Å². The van der Waals surface area contributed by atoms with E-state index in [0.717, 1.165) is 12.1 Å². The Hall–Kier alpha value is -2.29. The maximum Gasteiger partial charge on any atom is 0.416 e. The third-order valence-electron chi connectivity index (χ3n) is 4.58. The molecule has 1 aliphatic rings. The summed E-state index contributed by atoms with van der Waals surface area (Å²) < 4.78 is 38.6. The van der Waals surface area contributed by atoms with Gasteiger partial charge in [-0.05, 0) is 25.2 Å². The molecule has 1 fully saturated rings. The molecule has 0 bridgehead atoms. The second-order valence-electron chi connectivity index (χ2n) is 6.85. The lowest BCUT2D eigenvalue weighted by atomic mass is 10.1. The predicted octanol–water partition coefficient (Wildman–Crippen LogP) is 2.01. The first-order chi connectivity index (χ1) is 12.6. The van der Waals surface area contributed by atoms with Gasteiger partial charge in [0, 0.05) is 38.4 Å². The molecule has 0 aliphatic carbocycles. The number of halogens is 3. The number of piperazine rings is 1. The van der Waals surface area contributed by atoms with Crippen molar-refractivity contribution < 1.29 is 27.9 Å². The zero-order chi connectivity index (χ0) is 20.2. The molecule has 0 radical (unpaired) electrons. The highest BCUT2D eigenvalue weighted by molar-refractivity contribution is 5.78. The second-order valence-corrected chi connectivity index (χ2v) is 6.85. The van der Waals surface area contributed by atoms with Gasteiger partial charge in [-0.2, -0.15) is 13.2 Å². The van der Waals surface area contributed by atoms with Gasteiger partial charge in [-0.15, -0.1) is 0 Å². The number of hydrogen-bond donors (Lipinski definition) is 1. The Morgan fingerprint density at radius 3 is 2.41 bits per heavy atom. The normalized spacial score (nSPS) is 16.5. The van der Waals surface area contributed by atoms with Gasteiger partial charge >= 0.3 is 12.1 Å². The van der Waals surface area contributed by atoms with E-state index < -0.39 is 23.6 Å². The minimum Gasteiger partial charge on any atom is -0.481 e. The first-order valence-corrected chi connectivity index (χ1v) is 8.69. The van der Waals surface area contributed by atoms with Gasteiger partial charge in [0.1, 0.15) is 0 Å². The quantitative estimate of drug-likeness (QED) is 0.809. The van der Waals surface area contributed by atoms with Gasteiger partial charge in [-0.1, -0.05) is 13.0 Å². The molecule has 9 heteroatoms. The molecule has 0 spiro atoms. The molecule has 1 saturated heterocycles. The molecule has 1 heterocycles. The fourth-order valence-corrected chi connectivity index (χ4v) is 3.03. The van der Waals surface area contributed by atoms with Crippen molar-refractivity contribution in [3.63, 3.8) is 0 Å². The van der Waals surface area contributed by atoms with Crippen LogP contribution in [-0.4, -0.2) is 73.1 Å². The van der Waals surface area contributed by atoms with Crippen LogP contribution in [0.5, 0.6) is 0 Å². The number of benzene rings is 1. The lowest BCUT2D eigenvalue weighted by Gasteiger charge is -2.37. The van der Waals surface area contributed by atoms with Gasteiger partial charge < -0.3 is 14.9 Å². The van der Waals surface area contributed by atoms with Gasteiger partial charge in [0.05, 0.1) is 18.0 Å². The first kappa shape index (κ1) is 21.0. The summed E-state index contributed by atoms with van der Waals surface area (Å²) in [5, 5.41) is 8.92. The number of rotatable bonds is 6. The van der Waals surface area contributed by atoms with Crippen molar-refractivity contribution in [2.24, 2.45) is 5.92 Å². The van der Waals surface area contributed by atoms with Crippen LogP contribution in [0.2, 0.25) is 0 Å². The van der Waals surface area contributed by atoms with Crippen LogP contribution in [0.4, 0.5) is 18.9 Å². The summed E-state index contributed by atoms with van der Waals surface area (Å²) in [6.07, 6.45) is -4.38. The third kappa shape index (κ3) is 5.85. The third-order valence-corrected chi connectivity index (χ3v) is 4.58. The van der Waals surface area contributed by atoms with Crippen LogP contribution in [0.1, 0.15) is 12.5 Å². The number of carboxylic acids is 1. The smallest absolute Gasteiger partial charge is 0.416 e. The molecular formula is C18H24F3N3O3. The van der Waals surface area contributed by atoms with Crippen LogP contribution in [0.3, 0.4) is 0 Å². The molecule has 1 aromatic carbocycles. The zero-order valence-corrected chi connectivity index (χ0v) is 15.4. The molecule has 0 saturated carbocycles. The molecule has 1 unspecified atom stereocenters. The van der Waals surface area contributed by atoms with Gasteiger partial charge in [0.2, 0.25) is 5.91 Å². The first-order valence-electron chi connectivity index (χ1n) is 8.69. The Balaban J connectivity index is 1.88. The van der Waals surface area contributed by atoms with E-state index in [4.69, 9.17) is 5.11 Å². The highest BCUT2D eigenvalue weighted by Gasteiger charge is 2.31. The van der Waals surface area contributed by atoms with E-state index in [0.29, 0.717) is 31.9 Å². The average Bonchev–Trinajstić information content (AvgIpc) is 2.61. The van der Waals surface area contributed by atoms with Gasteiger partial charge in [0.15, 0.2) is 0 Å². The highest BCUT2D eigenvalue weighted by atomic mass is 19.4. The average molecular weight is 387 g/mol. The number of carbonyl (C=O) groups is 2. The number of aliphatic carboxylic acids is 1. The highest BCUT2D eigenvalue weighted by Crippen LogP contribution is 2.31. The van der Waals surface area contributed by atoms with Crippen LogP contribution in [-0.2, 0) is 15.8 Å². The summed E-state index contributed by atoms with van der Waals surface area (Å²) >= 11 is 0. The standard InChI is InChI=1S/C18H24F3N3O3/c1-13(17(26)27)11-22(2)12-16(25)24-8-6-23(7-9-24)15-5-3-4-14(10-15)18(19,20)21/h3-5,10,13H,6-9,11-12H2,1-2H3,(H,26,27). The monoisotopic (exact) mass is 387 g/mol. The van der Waals surface area contributed by atoms with Crippen molar-refractivity contribution in [2.75, 3.05) is 51.2 Å². The number of carboxylic acid groups (broad SMARTS) is 1. The summed E-state index contributed by atoms with van der Waals surface area (Å²) in [7, 11) is 1.69. The van der Waals surface area contributed by atoms with Crippen LogP contribution in [0.15, 0.2) is 24.3 Å². The molecule has 1 amide bonds. The number of anilines is 1. The Morgan fingerprint density at radius 1 is 1.22 bits per heavy atom. The molecule has 2 rings (SSSR count). The van der Waals surface area contributed by atoms with E-state index in [1.54, 1.807) is 29.8 Å². The van der Waals surface area contributed by atoms with E-state index in [1.165, 1.54) is 6.07 Å². The second kappa shape index (κ2) is 8.60. The largest absolute Gasteiger partial charge is 0.481 e. The Kier molecular flexibility index (Phi) is 6.69. The van der Waals surface area contributed by atoms with E-state index in [1.807, 2.05) is 4.90 Å². The number of nitrogens with zero attached hydrogens (tertiary/aromatic N) is 3. The molecule has 1 atom stereocenters. The minimum atomic E-state index is -4.38. The maximum atomic E-state index is 12.9. The fourth-order valence-electron chi connectivity index (χ4n) is 3.03. The van der Waals surface area contributed by atoms with Crippen molar-refractivity contribution in [1.29, 1.82) is 0 Å². The van der Waals surface area contributed by atoms with Gasteiger partial charge in [-0.3, -0.25) is 14.5 Å². The van der Waals surface area contributed by atoms with Crippen molar-refractivity contribution in [1.82, 2.24) is 9.80 Å². The lowest BCUT2D eigenvalue weighted by molar-refractivity contribution is -0.142. The van der Waals surface area contributed by atoms with Crippen molar-refractivity contribution in [3.05, 3.63) is 29.8 Å². The molecule has 1 aromatic rings. The van der Waals surface area contributed by atoms with E-state index in [9.17, 15) is 22.8 Å². The molecule has 1 N–H and O–H groups in total. The number of amides is 1. The number of hydrogen-bond acceptors (Lipinski definition) is 4. The summed E-state index contributed by atoms with van der Waals surface area (Å²) in [6.45, 7) is 3.68. The Morgan fingerprint density at radius 2 is 1.85 bits per heavy atom. The topological polar surface area (TPSA) is 64.1 Å². The molecule has 1 aliphatic heterocycles. The number of likely N-dealkylation sites (N-methyl/N-ethyl adjacent to an activating group) is 1. The van der Waals surface area contributed by atoms with Gasteiger partial charge in [0.25, 0.3) is 0 Å². The SMILES string of the molecule is CC(CN(C)CC(=O)N1CCN(c2cccc(C(F)(F)F)c2)CC1)C(=O)O. The summed E-state index contributed by atoms with van der Waals surface area (Å²) in [5.41, 5.74) is -0.197. The minimum absolute atomic E-state index is 0.112. The Bertz CT molecular complexity index is 673. The Labute approximate surface area is 156 Å². The molecule has 27 heavy (non-hydrogen) atoms. The number of carbonyl (C=O) groups excluding carboxylic acids is 1. The predicted molar refractivity (Wildman–Crippen MR) is 94.5 cm³/mol. The van der Waals surface area contributed by atoms with Crippen LogP contribution < -0.4 is 4.90 Å². The molecule has 0 aromatic heterocycles. The fraction of sp³-hybridized carbons (Fsp3) is 0.556. The lowest BCUT2D eigenvalue weighted by Crippen LogP contribution is -2.51. The van der Waals surface area contributed by atoms with Crippen LogP contribution in [0, 0.1) is 5.92 Å². The van der Waals surface area contributed by atoms with Crippen molar-refractivity contribution in [2.45, 2.75) is 13.1 Å². The van der Waals surface area contributed by atoms with Crippen molar-refractivity contribution >= 4 is 17.6 Å². The van der Waals surface area contributed by atoms with Crippen molar-refractivity contribution in [3.8, 4) is 0 Å². The molecule has 150 valence electrons. The molecular weight excluding hydrogens is 363 g/mol. The van der Waals surface area contributed by atoms with Crippen LogP contribution >= 0.6 is 0 Å². The maximum absolute atomic E-state index is 12.9. The summed E-state index contributed by atoms with van der Waals surface area (Å²) in [6, 6.07) is 5.18. The molecule has 6 nitrogen and oxygen atoms in total. The number of alkyl halides is 3. The van der Waals surface area contributed by atoms with Gasteiger partial charge in [-0.25, -0.2) is 0 Å². The summed E-state index contributed by atoms with van der Waals surface area (Å²) in [5.74, 6) is -1.59. The van der Waals surface area contributed by atoms with Crippen LogP contribution in [0.25, 0.3) is 0 Å². The zero-order valence-electron chi connectivity index (χ0n) is 15.4. The van der Waals surface area contributed by atoms with E-state index >= 15 is 0 Å². The van der Waals surface area contributed by atoms with E-state index in [-0.39, 0.29) is 19.0 Å². The summed E-state index contributed by atoms with van der Waals surface area (Å²) in [4.78, 5) is 28.4.